The van der Waals surface area contributed by atoms with Gasteiger partial charge in [-0.15, -0.1) is 0 Å². The van der Waals surface area contributed by atoms with Crippen molar-refractivity contribution in [1.82, 2.24) is 0 Å². The molecule has 0 aliphatic rings. The number of nitrogens with zero attached hydrogens (tertiary/aromatic N) is 1. The summed E-state index contributed by atoms with van der Waals surface area (Å²) < 4.78 is 0. The van der Waals surface area contributed by atoms with Crippen molar-refractivity contribution in [3.8, 4) is 6.07 Å². The van der Waals surface area contributed by atoms with Gasteiger partial charge in [0.15, 0.2) is 0 Å². The van der Waals surface area contributed by atoms with Crippen LogP contribution in [0, 0.1) is 11.3 Å². The summed E-state index contributed by atoms with van der Waals surface area (Å²) in [7, 11) is 0. The summed E-state index contributed by atoms with van der Waals surface area (Å²) in [6.45, 7) is 7.56. The number of hydrogen-bond acceptors (Lipinski definition) is 1. The zero-order valence-corrected chi connectivity index (χ0v) is 9.66. The third-order valence-corrected chi connectivity index (χ3v) is 1.76. The van der Waals surface area contributed by atoms with Gasteiger partial charge in [0.2, 0.25) is 0 Å². The smallest absolute Gasteiger partial charge is 0.0665 e. The Morgan fingerprint density at radius 1 is 1.33 bits per heavy atom. The minimum absolute atomic E-state index is 0.486. The van der Waals surface area contributed by atoms with E-state index in [9.17, 15) is 0 Å². The summed E-state index contributed by atoms with van der Waals surface area (Å²) in [6.07, 6.45) is 2.94. The van der Waals surface area contributed by atoms with Gasteiger partial charge < -0.3 is 0 Å². The molecular weight excluding hydrogens is 182 g/mol. The van der Waals surface area contributed by atoms with E-state index in [0.717, 1.165) is 5.57 Å². The van der Waals surface area contributed by atoms with E-state index in [1.807, 2.05) is 13.0 Å². The van der Waals surface area contributed by atoms with Crippen molar-refractivity contribution in [2.24, 2.45) is 0 Å². The molecule has 0 atom stereocenters. The van der Waals surface area contributed by atoms with Crippen molar-refractivity contribution in [1.29, 1.82) is 5.26 Å². The van der Waals surface area contributed by atoms with Gasteiger partial charge in [-0.2, -0.15) is 5.26 Å². The number of aryl methyl sites for hydroxylation is 1. The van der Waals surface area contributed by atoms with E-state index in [2.05, 4.69) is 43.8 Å². The lowest BCUT2D eigenvalue weighted by atomic mass is 10.1. The van der Waals surface area contributed by atoms with E-state index >= 15 is 0 Å². The lowest BCUT2D eigenvalue weighted by molar-refractivity contribution is 0.922. The molecule has 15 heavy (non-hydrogen) atoms. The van der Waals surface area contributed by atoms with Crippen molar-refractivity contribution in [3.63, 3.8) is 0 Å². The summed E-state index contributed by atoms with van der Waals surface area (Å²) in [5.41, 5.74) is 2.37. The Kier molecular flexibility index (Phi) is 8.09. The first-order chi connectivity index (χ1) is 7.20. The standard InChI is InChI=1S/C9H12.C5H7N/c1-2-6-9-7-4-3-5-8-9;1-5(2)3-4-6/h3-5,7-8H,2,6H2,1H3;1,3H2,2H3. The van der Waals surface area contributed by atoms with Gasteiger partial charge in [-0.3, -0.25) is 0 Å². The molecule has 0 aliphatic carbocycles. The van der Waals surface area contributed by atoms with Gasteiger partial charge in [0.25, 0.3) is 0 Å². The van der Waals surface area contributed by atoms with Crippen LogP contribution in [0.25, 0.3) is 0 Å². The molecule has 80 valence electrons. The molecule has 0 N–H and O–H groups in total. The molecule has 0 saturated heterocycles. The van der Waals surface area contributed by atoms with Gasteiger partial charge in [0, 0.05) is 0 Å². The maximum absolute atomic E-state index is 7.93. The van der Waals surface area contributed by atoms with Crippen molar-refractivity contribution < 1.29 is 0 Å². The highest BCUT2D eigenvalue weighted by Crippen LogP contribution is 2.00. The predicted molar refractivity (Wildman–Crippen MR) is 65.5 cm³/mol. The van der Waals surface area contributed by atoms with Crippen LogP contribution >= 0.6 is 0 Å². The van der Waals surface area contributed by atoms with Gasteiger partial charge >= 0.3 is 0 Å². The Balaban J connectivity index is 0.000000288. The summed E-state index contributed by atoms with van der Waals surface area (Å²) in [5.74, 6) is 0. The predicted octanol–water partition coefficient (Wildman–Crippen LogP) is 4.12. The van der Waals surface area contributed by atoms with Gasteiger partial charge in [0.05, 0.1) is 12.5 Å². The SMILES string of the molecule is C=C(C)CC#N.CCCc1ccccc1. The third kappa shape index (κ3) is 8.77. The quantitative estimate of drug-likeness (QED) is 0.675. The fraction of sp³-hybridized carbons (Fsp3) is 0.357. The van der Waals surface area contributed by atoms with E-state index in [-0.39, 0.29) is 0 Å². The van der Waals surface area contributed by atoms with Gasteiger partial charge in [-0.05, 0) is 18.9 Å². The molecule has 1 aromatic rings. The number of hydrogen-bond donors (Lipinski definition) is 0. The lowest BCUT2D eigenvalue weighted by Crippen LogP contribution is -1.78. The van der Waals surface area contributed by atoms with E-state index in [1.165, 1.54) is 18.4 Å². The van der Waals surface area contributed by atoms with Crippen LogP contribution < -0.4 is 0 Å². The highest BCUT2D eigenvalue weighted by molar-refractivity contribution is 5.14. The number of rotatable bonds is 3. The first kappa shape index (κ1) is 13.4. The minimum Gasteiger partial charge on any atom is -0.198 e. The summed E-state index contributed by atoms with van der Waals surface area (Å²) in [4.78, 5) is 0. The van der Waals surface area contributed by atoms with Crippen molar-refractivity contribution in [3.05, 3.63) is 48.0 Å². The topological polar surface area (TPSA) is 23.8 Å². The second kappa shape index (κ2) is 9.02. The number of benzene rings is 1. The lowest BCUT2D eigenvalue weighted by Gasteiger charge is -1.93. The van der Waals surface area contributed by atoms with Crippen LogP contribution in [0.5, 0.6) is 0 Å². The molecule has 0 amide bonds. The van der Waals surface area contributed by atoms with Crippen LogP contribution in [0.2, 0.25) is 0 Å². The minimum atomic E-state index is 0.486. The average Bonchev–Trinajstić information content (AvgIpc) is 2.20. The second-order valence-corrected chi connectivity index (χ2v) is 3.53. The molecule has 0 aromatic heterocycles. The Hall–Kier alpha value is -1.55. The fourth-order valence-electron chi connectivity index (χ4n) is 1.07. The molecule has 0 bridgehead atoms. The largest absolute Gasteiger partial charge is 0.198 e. The maximum Gasteiger partial charge on any atom is 0.0665 e. The maximum atomic E-state index is 7.93. The van der Waals surface area contributed by atoms with Crippen molar-refractivity contribution in [2.75, 3.05) is 0 Å². The molecule has 1 nitrogen and oxygen atoms in total. The zero-order valence-electron chi connectivity index (χ0n) is 9.66. The zero-order chi connectivity index (χ0) is 11.5. The van der Waals surface area contributed by atoms with Crippen molar-refractivity contribution in [2.45, 2.75) is 33.1 Å². The Morgan fingerprint density at radius 3 is 2.27 bits per heavy atom. The van der Waals surface area contributed by atoms with Crippen LogP contribution in [-0.4, -0.2) is 0 Å². The van der Waals surface area contributed by atoms with Crippen LogP contribution in [0.1, 0.15) is 32.3 Å². The Morgan fingerprint density at radius 2 is 1.93 bits per heavy atom. The number of allylic oxidation sites excluding steroid dienone is 1. The molecule has 1 heteroatoms. The first-order valence-corrected chi connectivity index (χ1v) is 5.26. The average molecular weight is 201 g/mol. The molecule has 0 unspecified atom stereocenters. The Bertz CT molecular complexity index is 306. The highest BCUT2D eigenvalue weighted by Gasteiger charge is 1.84. The molecule has 1 aromatic carbocycles. The number of nitriles is 1. The molecule has 0 aliphatic heterocycles. The third-order valence-electron chi connectivity index (χ3n) is 1.76. The molecule has 0 heterocycles. The molecule has 0 fully saturated rings. The van der Waals surface area contributed by atoms with Gasteiger partial charge in [-0.1, -0.05) is 55.8 Å². The molecule has 0 spiro atoms. The van der Waals surface area contributed by atoms with Gasteiger partial charge in [0.1, 0.15) is 0 Å². The van der Waals surface area contributed by atoms with E-state index in [0.29, 0.717) is 6.42 Å². The van der Waals surface area contributed by atoms with E-state index < -0.39 is 0 Å². The molecule has 1 rings (SSSR count). The normalized spacial score (nSPS) is 8.33. The molecule has 0 radical (unpaired) electrons. The first-order valence-electron chi connectivity index (χ1n) is 5.26. The van der Waals surface area contributed by atoms with Crippen LogP contribution in [0.4, 0.5) is 0 Å². The van der Waals surface area contributed by atoms with Crippen LogP contribution in [0.3, 0.4) is 0 Å². The second-order valence-electron chi connectivity index (χ2n) is 3.53. The molecular formula is C14H19N. The van der Waals surface area contributed by atoms with Gasteiger partial charge in [-0.25, -0.2) is 0 Å². The Labute approximate surface area is 93.1 Å². The van der Waals surface area contributed by atoms with Crippen LogP contribution in [-0.2, 0) is 6.42 Å². The fourth-order valence-corrected chi connectivity index (χ4v) is 1.07. The van der Waals surface area contributed by atoms with E-state index in [4.69, 9.17) is 5.26 Å². The summed E-state index contributed by atoms with van der Waals surface area (Å²) in [6, 6.07) is 12.5. The monoisotopic (exact) mass is 201 g/mol. The summed E-state index contributed by atoms with van der Waals surface area (Å²) in [5, 5.41) is 7.93. The van der Waals surface area contributed by atoms with E-state index in [1.54, 1.807) is 0 Å². The molecule has 0 saturated carbocycles. The van der Waals surface area contributed by atoms with Crippen molar-refractivity contribution >= 4 is 0 Å². The summed E-state index contributed by atoms with van der Waals surface area (Å²) >= 11 is 0. The highest BCUT2D eigenvalue weighted by atomic mass is 14.2. The van der Waals surface area contributed by atoms with Crippen LogP contribution in [0.15, 0.2) is 42.5 Å².